The molecule has 0 saturated carbocycles. The summed E-state index contributed by atoms with van der Waals surface area (Å²) in [6.07, 6.45) is 12.9. The van der Waals surface area contributed by atoms with Crippen LogP contribution in [0, 0.1) is 0 Å². The van der Waals surface area contributed by atoms with E-state index in [1.54, 1.807) is 0 Å². The Labute approximate surface area is 149 Å². The van der Waals surface area contributed by atoms with E-state index in [2.05, 4.69) is 17.2 Å². The lowest BCUT2D eigenvalue weighted by molar-refractivity contribution is -0.0158. The smallest absolute Gasteiger partial charge is 0.110 e. The maximum Gasteiger partial charge on any atom is 0.110 e. The van der Waals surface area contributed by atoms with Gasteiger partial charge in [0.25, 0.3) is 0 Å². The SMILES string of the molecule is CCCCCCCCCCCC1=NCC(C(O)CC)(C(O)CC)N1. The van der Waals surface area contributed by atoms with E-state index in [1.165, 1.54) is 51.4 Å². The Morgan fingerprint density at radius 3 is 1.88 bits per heavy atom. The highest BCUT2D eigenvalue weighted by Crippen LogP contribution is 2.26. The predicted octanol–water partition coefficient (Wildman–Crippen LogP) is 4.19. The van der Waals surface area contributed by atoms with Crippen molar-refractivity contribution < 1.29 is 10.2 Å². The van der Waals surface area contributed by atoms with Crippen LogP contribution in [0.3, 0.4) is 0 Å². The van der Waals surface area contributed by atoms with Crippen LogP contribution < -0.4 is 5.32 Å². The van der Waals surface area contributed by atoms with Crippen molar-refractivity contribution in [1.29, 1.82) is 0 Å². The van der Waals surface area contributed by atoms with E-state index in [4.69, 9.17) is 0 Å². The van der Waals surface area contributed by atoms with E-state index in [-0.39, 0.29) is 0 Å². The number of nitrogens with one attached hydrogen (secondary N) is 1. The standard InChI is InChI=1S/C20H40N2O2/c1-4-7-8-9-10-11-12-13-14-15-19-21-16-20(22-19,17(23)5-2)18(24)6-3/h17-18,23-24H,4-16H2,1-3H3,(H,21,22). The number of hydrogen-bond acceptors (Lipinski definition) is 4. The van der Waals surface area contributed by atoms with Crippen molar-refractivity contribution in [3.8, 4) is 0 Å². The summed E-state index contributed by atoms with van der Waals surface area (Å²) < 4.78 is 0. The fourth-order valence-electron chi connectivity index (χ4n) is 3.65. The van der Waals surface area contributed by atoms with E-state index in [9.17, 15) is 10.2 Å². The Morgan fingerprint density at radius 2 is 1.38 bits per heavy atom. The third kappa shape index (κ3) is 6.36. The molecule has 4 heteroatoms. The van der Waals surface area contributed by atoms with Gasteiger partial charge in [-0.15, -0.1) is 0 Å². The Bertz CT molecular complexity index is 348. The fourth-order valence-corrected chi connectivity index (χ4v) is 3.65. The number of aliphatic hydroxyl groups excluding tert-OH is 2. The summed E-state index contributed by atoms with van der Waals surface area (Å²) in [7, 11) is 0. The molecule has 0 aliphatic carbocycles. The Kier molecular flexibility index (Phi) is 10.6. The first kappa shape index (κ1) is 21.4. The average Bonchev–Trinajstić information content (AvgIpc) is 3.04. The van der Waals surface area contributed by atoms with Crippen LogP contribution in [0.1, 0.15) is 97.8 Å². The monoisotopic (exact) mass is 340 g/mol. The van der Waals surface area contributed by atoms with Gasteiger partial charge in [-0.05, 0) is 19.3 Å². The highest BCUT2D eigenvalue weighted by atomic mass is 16.3. The highest BCUT2D eigenvalue weighted by molar-refractivity contribution is 5.85. The van der Waals surface area contributed by atoms with Gasteiger partial charge in [-0.25, -0.2) is 0 Å². The van der Waals surface area contributed by atoms with Crippen LogP contribution in [0.25, 0.3) is 0 Å². The number of aliphatic imine (C=N–C) groups is 1. The molecule has 142 valence electrons. The zero-order valence-corrected chi connectivity index (χ0v) is 16.2. The summed E-state index contributed by atoms with van der Waals surface area (Å²) >= 11 is 0. The van der Waals surface area contributed by atoms with E-state index in [1.807, 2.05) is 13.8 Å². The minimum absolute atomic E-state index is 0.490. The lowest BCUT2D eigenvalue weighted by atomic mass is 9.84. The van der Waals surface area contributed by atoms with Gasteiger partial charge >= 0.3 is 0 Å². The van der Waals surface area contributed by atoms with Gasteiger partial charge in [0.1, 0.15) is 5.54 Å². The number of aliphatic hydroxyl groups is 2. The van der Waals surface area contributed by atoms with Gasteiger partial charge in [0.05, 0.1) is 24.6 Å². The van der Waals surface area contributed by atoms with E-state index in [0.717, 1.165) is 18.7 Å². The summed E-state index contributed by atoms with van der Waals surface area (Å²) in [5.41, 5.74) is -0.669. The van der Waals surface area contributed by atoms with E-state index >= 15 is 0 Å². The molecule has 0 amide bonds. The third-order valence-electron chi connectivity index (χ3n) is 5.39. The first-order valence-electron chi connectivity index (χ1n) is 10.3. The van der Waals surface area contributed by atoms with Gasteiger partial charge < -0.3 is 15.5 Å². The number of amidine groups is 1. The van der Waals surface area contributed by atoms with Crippen LogP contribution in [-0.2, 0) is 0 Å². The lowest BCUT2D eigenvalue weighted by Gasteiger charge is -2.38. The van der Waals surface area contributed by atoms with Crippen molar-refractivity contribution in [2.45, 2.75) is 116 Å². The van der Waals surface area contributed by atoms with Crippen LogP contribution >= 0.6 is 0 Å². The van der Waals surface area contributed by atoms with Gasteiger partial charge in [-0.1, -0.05) is 72.1 Å². The van der Waals surface area contributed by atoms with Crippen LogP contribution in [0.2, 0.25) is 0 Å². The number of rotatable bonds is 14. The molecule has 0 aromatic heterocycles. The van der Waals surface area contributed by atoms with Crippen molar-refractivity contribution in [3.63, 3.8) is 0 Å². The first-order chi connectivity index (χ1) is 11.6. The molecule has 1 aliphatic rings. The molecule has 1 rings (SSSR count). The number of hydrogen-bond donors (Lipinski definition) is 3. The van der Waals surface area contributed by atoms with Crippen LogP contribution in [0.5, 0.6) is 0 Å². The van der Waals surface area contributed by atoms with Gasteiger partial charge in [-0.3, -0.25) is 4.99 Å². The molecule has 2 atom stereocenters. The molecule has 0 aromatic carbocycles. The maximum absolute atomic E-state index is 10.4. The van der Waals surface area contributed by atoms with Crippen molar-refractivity contribution in [3.05, 3.63) is 0 Å². The quantitative estimate of drug-likeness (QED) is 0.415. The van der Waals surface area contributed by atoms with E-state index in [0.29, 0.717) is 19.4 Å². The largest absolute Gasteiger partial charge is 0.391 e. The maximum atomic E-state index is 10.4. The summed E-state index contributed by atoms with van der Waals surface area (Å²) in [6.45, 7) is 6.65. The molecule has 0 aromatic rings. The van der Waals surface area contributed by atoms with Gasteiger partial charge in [0, 0.05) is 6.42 Å². The molecule has 1 aliphatic heterocycles. The zero-order chi connectivity index (χ0) is 17.8. The molecule has 0 spiro atoms. The normalized spacial score (nSPS) is 23.0. The molecule has 0 fully saturated rings. The Hall–Kier alpha value is -0.610. The van der Waals surface area contributed by atoms with Crippen LogP contribution in [0.4, 0.5) is 0 Å². The molecule has 0 radical (unpaired) electrons. The molecule has 4 nitrogen and oxygen atoms in total. The molecule has 0 saturated heterocycles. The second-order valence-corrected chi connectivity index (χ2v) is 7.35. The fraction of sp³-hybridized carbons (Fsp3) is 0.950. The Morgan fingerprint density at radius 1 is 0.875 bits per heavy atom. The highest BCUT2D eigenvalue weighted by Gasteiger charge is 2.46. The summed E-state index contributed by atoms with van der Waals surface area (Å²) in [4.78, 5) is 4.58. The van der Waals surface area contributed by atoms with Gasteiger partial charge in [0.2, 0.25) is 0 Å². The second kappa shape index (κ2) is 11.9. The third-order valence-corrected chi connectivity index (χ3v) is 5.39. The molecular formula is C20H40N2O2. The van der Waals surface area contributed by atoms with E-state index < -0.39 is 17.7 Å². The van der Waals surface area contributed by atoms with Crippen molar-refractivity contribution in [1.82, 2.24) is 5.32 Å². The zero-order valence-electron chi connectivity index (χ0n) is 16.2. The molecular weight excluding hydrogens is 300 g/mol. The molecule has 1 heterocycles. The van der Waals surface area contributed by atoms with Gasteiger partial charge in [-0.2, -0.15) is 0 Å². The molecule has 0 bridgehead atoms. The summed E-state index contributed by atoms with van der Waals surface area (Å²) in [5, 5.41) is 24.1. The number of nitrogens with zero attached hydrogens (tertiary/aromatic N) is 1. The van der Waals surface area contributed by atoms with Crippen molar-refractivity contribution in [2.75, 3.05) is 6.54 Å². The van der Waals surface area contributed by atoms with Gasteiger partial charge in [0.15, 0.2) is 0 Å². The van der Waals surface area contributed by atoms with Crippen LogP contribution in [-0.4, -0.2) is 40.3 Å². The minimum Gasteiger partial charge on any atom is -0.391 e. The van der Waals surface area contributed by atoms with Crippen molar-refractivity contribution in [2.24, 2.45) is 4.99 Å². The summed E-state index contributed by atoms with van der Waals surface area (Å²) in [6, 6.07) is 0. The summed E-state index contributed by atoms with van der Waals surface area (Å²) in [5.74, 6) is 0.970. The van der Waals surface area contributed by atoms with Crippen LogP contribution in [0.15, 0.2) is 4.99 Å². The second-order valence-electron chi connectivity index (χ2n) is 7.35. The number of unbranched alkanes of at least 4 members (excludes halogenated alkanes) is 8. The predicted molar refractivity (Wildman–Crippen MR) is 103 cm³/mol. The van der Waals surface area contributed by atoms with Crippen molar-refractivity contribution >= 4 is 5.84 Å². The molecule has 3 N–H and O–H groups in total. The molecule has 24 heavy (non-hydrogen) atoms. The first-order valence-corrected chi connectivity index (χ1v) is 10.3. The lowest BCUT2D eigenvalue weighted by Crippen LogP contribution is -2.62. The average molecular weight is 341 g/mol. The topological polar surface area (TPSA) is 64.9 Å². The Balaban J connectivity index is 2.21. The molecule has 2 unspecified atom stereocenters. The minimum atomic E-state index is -0.669.